The minimum atomic E-state index is -0.602. The second-order valence-electron chi connectivity index (χ2n) is 5.14. The highest BCUT2D eigenvalue weighted by molar-refractivity contribution is 5.82. The molecule has 5 heteroatoms. The lowest BCUT2D eigenvalue weighted by Crippen LogP contribution is -2.38. The molecule has 0 saturated carbocycles. The lowest BCUT2D eigenvalue weighted by molar-refractivity contribution is -0.119. The maximum absolute atomic E-state index is 11.4. The summed E-state index contributed by atoms with van der Waals surface area (Å²) >= 11 is 0. The van der Waals surface area contributed by atoms with Crippen molar-refractivity contribution in [1.82, 2.24) is 10.6 Å². The first-order chi connectivity index (χ1) is 9.35. The number of amides is 2. The van der Waals surface area contributed by atoms with E-state index in [2.05, 4.69) is 22.5 Å². The first-order valence-corrected chi connectivity index (χ1v) is 6.66. The number of carbonyl (C=O) groups excluding carboxylic acids is 2. The van der Waals surface area contributed by atoms with E-state index in [1.54, 1.807) is 27.0 Å². The van der Waals surface area contributed by atoms with Gasteiger partial charge in [-0.05, 0) is 46.7 Å². The first-order valence-electron chi connectivity index (χ1n) is 6.66. The van der Waals surface area contributed by atoms with Crippen LogP contribution in [0, 0.1) is 11.8 Å². The van der Waals surface area contributed by atoms with Crippen LogP contribution in [-0.2, 0) is 9.53 Å². The number of allylic oxidation sites excluding steroid dienone is 1. The van der Waals surface area contributed by atoms with Gasteiger partial charge < -0.3 is 15.4 Å². The second kappa shape index (κ2) is 9.90. The maximum Gasteiger partial charge on any atom is 0.408 e. The molecule has 0 heterocycles. The van der Waals surface area contributed by atoms with E-state index in [1.165, 1.54) is 0 Å². The number of alkyl carbamates (subject to hydrolysis) is 1. The number of hydrogen-bond donors (Lipinski definition) is 2. The molecule has 2 N–H and O–H groups in total. The Morgan fingerprint density at radius 1 is 1.30 bits per heavy atom. The fraction of sp³-hybridized carbons (Fsp3) is 0.600. The average molecular weight is 280 g/mol. The quantitative estimate of drug-likeness (QED) is 0.579. The van der Waals surface area contributed by atoms with Crippen LogP contribution in [-0.4, -0.2) is 24.1 Å². The molecule has 0 aromatic heterocycles. The van der Waals surface area contributed by atoms with E-state index in [-0.39, 0.29) is 12.5 Å². The zero-order chi connectivity index (χ0) is 15.4. The van der Waals surface area contributed by atoms with Crippen LogP contribution in [0.4, 0.5) is 4.79 Å². The fourth-order valence-corrected chi connectivity index (χ4v) is 1.19. The summed E-state index contributed by atoms with van der Waals surface area (Å²) in [5, 5.41) is 4.95. The fourth-order valence-electron chi connectivity index (χ4n) is 1.19. The van der Waals surface area contributed by atoms with Crippen molar-refractivity contribution in [2.45, 2.75) is 52.6 Å². The Kier molecular flexibility index (Phi) is 8.93. The zero-order valence-electron chi connectivity index (χ0n) is 12.7. The van der Waals surface area contributed by atoms with Gasteiger partial charge in [-0.15, -0.1) is 11.8 Å². The smallest absolute Gasteiger partial charge is 0.408 e. The largest absolute Gasteiger partial charge is 0.444 e. The molecule has 2 amide bonds. The Labute approximate surface area is 121 Å². The number of ether oxygens (including phenoxy) is 1. The highest BCUT2D eigenvalue weighted by atomic mass is 16.6. The normalized spacial score (nSPS) is 10.6. The summed E-state index contributed by atoms with van der Waals surface area (Å²) in [7, 11) is 0. The molecule has 0 aliphatic carbocycles. The molecule has 112 valence electrons. The topological polar surface area (TPSA) is 67.4 Å². The molecule has 0 saturated heterocycles. The van der Waals surface area contributed by atoms with Crippen LogP contribution < -0.4 is 10.6 Å². The zero-order valence-corrected chi connectivity index (χ0v) is 12.7. The second-order valence-corrected chi connectivity index (χ2v) is 5.14. The van der Waals surface area contributed by atoms with Crippen LogP contribution in [0.15, 0.2) is 12.3 Å². The van der Waals surface area contributed by atoms with E-state index in [0.29, 0.717) is 0 Å². The lowest BCUT2D eigenvalue weighted by Gasteiger charge is -2.19. The van der Waals surface area contributed by atoms with Crippen LogP contribution in [0.3, 0.4) is 0 Å². The molecule has 0 aromatic carbocycles. The Bertz CT molecular complexity index is 398. The SMILES string of the molecule is CC#CCCC/C=C\NC(=O)CNC(=O)OC(C)(C)C. The number of nitrogens with one attached hydrogen (secondary N) is 2. The third-order valence-corrected chi connectivity index (χ3v) is 2.00. The molecule has 0 fully saturated rings. The minimum absolute atomic E-state index is 0.111. The summed E-state index contributed by atoms with van der Waals surface area (Å²) < 4.78 is 5.01. The van der Waals surface area contributed by atoms with Crippen LogP contribution in [0.25, 0.3) is 0 Å². The first kappa shape index (κ1) is 18.0. The highest BCUT2D eigenvalue weighted by Gasteiger charge is 2.16. The van der Waals surface area contributed by atoms with Gasteiger partial charge in [0.1, 0.15) is 12.1 Å². The third-order valence-electron chi connectivity index (χ3n) is 2.00. The van der Waals surface area contributed by atoms with Crippen molar-refractivity contribution >= 4 is 12.0 Å². The summed E-state index contributed by atoms with van der Waals surface area (Å²) in [6, 6.07) is 0. The van der Waals surface area contributed by atoms with Crippen LogP contribution in [0.2, 0.25) is 0 Å². The van der Waals surface area contributed by atoms with Crippen LogP contribution in [0.1, 0.15) is 47.0 Å². The molecule has 0 aliphatic heterocycles. The van der Waals surface area contributed by atoms with E-state index in [1.807, 2.05) is 13.0 Å². The lowest BCUT2D eigenvalue weighted by atomic mass is 10.2. The van der Waals surface area contributed by atoms with E-state index in [0.717, 1.165) is 19.3 Å². The Morgan fingerprint density at radius 2 is 2.00 bits per heavy atom. The van der Waals surface area contributed by atoms with Crippen molar-refractivity contribution in [2.24, 2.45) is 0 Å². The van der Waals surface area contributed by atoms with Crippen molar-refractivity contribution in [2.75, 3.05) is 6.54 Å². The van der Waals surface area contributed by atoms with Gasteiger partial charge in [0.25, 0.3) is 0 Å². The van der Waals surface area contributed by atoms with Crippen LogP contribution in [0.5, 0.6) is 0 Å². The molecule has 0 spiro atoms. The average Bonchev–Trinajstić information content (AvgIpc) is 2.33. The predicted octanol–water partition coefficient (Wildman–Crippen LogP) is 2.33. The molecular formula is C15H24N2O3. The van der Waals surface area contributed by atoms with E-state index in [4.69, 9.17) is 4.74 Å². The van der Waals surface area contributed by atoms with Gasteiger partial charge in [-0.25, -0.2) is 4.79 Å². The monoisotopic (exact) mass is 280 g/mol. The molecule has 0 rings (SSSR count). The molecule has 20 heavy (non-hydrogen) atoms. The standard InChI is InChI=1S/C15H24N2O3/c1-5-6-7-8-9-10-11-16-13(18)12-17-14(19)20-15(2,3)4/h10-11H,7-9,12H2,1-4H3,(H,16,18)(H,17,19)/b11-10-. The maximum atomic E-state index is 11.4. The van der Waals surface area contributed by atoms with E-state index >= 15 is 0 Å². The number of rotatable bonds is 6. The third kappa shape index (κ3) is 12.5. The molecular weight excluding hydrogens is 256 g/mol. The molecule has 0 aromatic rings. The Hall–Kier alpha value is -1.96. The van der Waals surface area contributed by atoms with Crippen molar-refractivity contribution in [3.63, 3.8) is 0 Å². The number of unbranched alkanes of at least 4 members (excludes halogenated alkanes) is 2. The Balaban J connectivity index is 3.70. The molecule has 0 radical (unpaired) electrons. The summed E-state index contributed by atoms with van der Waals surface area (Å²) in [6.45, 7) is 6.99. The van der Waals surface area contributed by atoms with Crippen molar-refractivity contribution in [3.05, 3.63) is 12.3 Å². The minimum Gasteiger partial charge on any atom is -0.444 e. The van der Waals surface area contributed by atoms with Gasteiger partial charge in [0.15, 0.2) is 0 Å². The van der Waals surface area contributed by atoms with Crippen molar-refractivity contribution < 1.29 is 14.3 Å². The predicted molar refractivity (Wildman–Crippen MR) is 78.8 cm³/mol. The van der Waals surface area contributed by atoms with Crippen LogP contribution >= 0.6 is 0 Å². The van der Waals surface area contributed by atoms with Gasteiger partial charge in [-0.1, -0.05) is 6.08 Å². The molecule has 0 unspecified atom stereocenters. The molecule has 0 aliphatic rings. The molecule has 0 bridgehead atoms. The molecule has 5 nitrogen and oxygen atoms in total. The number of carbonyl (C=O) groups is 2. The van der Waals surface area contributed by atoms with Gasteiger partial charge in [0, 0.05) is 6.42 Å². The van der Waals surface area contributed by atoms with Crippen molar-refractivity contribution in [1.29, 1.82) is 0 Å². The highest BCUT2D eigenvalue weighted by Crippen LogP contribution is 2.05. The van der Waals surface area contributed by atoms with Gasteiger partial charge in [-0.2, -0.15) is 0 Å². The van der Waals surface area contributed by atoms with Crippen molar-refractivity contribution in [3.8, 4) is 11.8 Å². The summed E-state index contributed by atoms with van der Waals surface area (Å²) in [6.07, 6.45) is 5.52. The van der Waals surface area contributed by atoms with Gasteiger partial charge in [-0.3, -0.25) is 4.79 Å². The van der Waals surface area contributed by atoms with E-state index < -0.39 is 11.7 Å². The van der Waals surface area contributed by atoms with E-state index in [9.17, 15) is 9.59 Å². The van der Waals surface area contributed by atoms with Gasteiger partial charge in [0.2, 0.25) is 5.91 Å². The summed E-state index contributed by atoms with van der Waals surface area (Å²) in [4.78, 5) is 22.7. The van der Waals surface area contributed by atoms with Gasteiger partial charge >= 0.3 is 6.09 Å². The number of hydrogen-bond acceptors (Lipinski definition) is 3. The molecule has 0 atom stereocenters. The summed E-state index contributed by atoms with van der Waals surface area (Å²) in [5.41, 5.74) is -0.568. The van der Waals surface area contributed by atoms with Gasteiger partial charge in [0.05, 0.1) is 0 Å². The Morgan fingerprint density at radius 3 is 2.60 bits per heavy atom. The summed E-state index contributed by atoms with van der Waals surface area (Å²) in [5.74, 6) is 5.50.